The van der Waals surface area contributed by atoms with Crippen molar-refractivity contribution in [3.05, 3.63) is 64.1 Å². The van der Waals surface area contributed by atoms with Gasteiger partial charge in [0.05, 0.1) is 22.8 Å². The Morgan fingerprint density at radius 1 is 1.22 bits per heavy atom. The zero-order valence-electron chi connectivity index (χ0n) is 12.4. The van der Waals surface area contributed by atoms with Crippen LogP contribution in [0.5, 0.6) is 5.75 Å². The van der Waals surface area contributed by atoms with Crippen molar-refractivity contribution in [3.8, 4) is 5.75 Å². The number of carbonyl (C=O) groups excluding carboxylic acids is 2. The van der Waals surface area contributed by atoms with Crippen LogP contribution in [0.4, 0.5) is 5.69 Å². The van der Waals surface area contributed by atoms with Gasteiger partial charge in [-0.15, -0.1) is 0 Å². The fraction of sp³-hybridized carbons (Fsp3) is 0.0588. The molecule has 2 aromatic carbocycles. The average Bonchev–Trinajstić information content (AvgIpc) is 2.53. The minimum absolute atomic E-state index is 0.265. The van der Waals surface area contributed by atoms with E-state index in [2.05, 4.69) is 21.2 Å². The molecule has 0 aromatic heterocycles. The molecule has 0 aliphatic heterocycles. The highest BCUT2D eigenvalue weighted by Gasteiger charge is 2.08. The summed E-state index contributed by atoms with van der Waals surface area (Å²) in [7, 11) is 1.58. The maximum Gasteiger partial charge on any atom is 0.250 e. The van der Waals surface area contributed by atoms with Crippen LogP contribution in [-0.2, 0) is 4.79 Å². The Morgan fingerprint density at radius 3 is 2.61 bits per heavy atom. The number of halogens is 1. The number of hydrogen-bond acceptors (Lipinski definition) is 3. The van der Waals surface area contributed by atoms with Crippen LogP contribution in [0.3, 0.4) is 0 Å². The van der Waals surface area contributed by atoms with Crippen molar-refractivity contribution in [1.82, 2.24) is 0 Å². The van der Waals surface area contributed by atoms with Gasteiger partial charge >= 0.3 is 0 Å². The lowest BCUT2D eigenvalue weighted by Gasteiger charge is -2.06. The summed E-state index contributed by atoms with van der Waals surface area (Å²) in [5.74, 6) is -0.239. The van der Waals surface area contributed by atoms with E-state index < -0.39 is 5.91 Å². The van der Waals surface area contributed by atoms with E-state index in [4.69, 9.17) is 10.5 Å². The number of anilines is 1. The summed E-state index contributed by atoms with van der Waals surface area (Å²) in [6.07, 6.45) is 3.04. The SMILES string of the molecule is COc1ccc(C=CC(=O)Nc2ccccc2C(N)=O)cc1Br. The van der Waals surface area contributed by atoms with E-state index in [-0.39, 0.29) is 11.5 Å². The van der Waals surface area contributed by atoms with E-state index in [1.54, 1.807) is 43.5 Å². The molecule has 3 N–H and O–H groups in total. The Balaban J connectivity index is 2.11. The van der Waals surface area contributed by atoms with E-state index in [1.807, 2.05) is 12.1 Å². The lowest BCUT2D eigenvalue weighted by molar-refractivity contribution is -0.111. The Bertz CT molecular complexity index is 772. The van der Waals surface area contributed by atoms with Crippen LogP contribution < -0.4 is 15.8 Å². The summed E-state index contributed by atoms with van der Waals surface area (Å²) >= 11 is 3.38. The molecule has 118 valence electrons. The van der Waals surface area contributed by atoms with Crippen LogP contribution in [0.15, 0.2) is 53.0 Å². The summed E-state index contributed by atoms with van der Waals surface area (Å²) < 4.78 is 5.94. The van der Waals surface area contributed by atoms with Gasteiger partial charge in [0, 0.05) is 6.08 Å². The summed E-state index contributed by atoms with van der Waals surface area (Å²) in [5, 5.41) is 2.64. The molecule has 2 rings (SSSR count). The van der Waals surface area contributed by atoms with Crippen molar-refractivity contribution in [2.24, 2.45) is 5.73 Å². The van der Waals surface area contributed by atoms with Crippen LogP contribution in [0.1, 0.15) is 15.9 Å². The third-order valence-corrected chi connectivity index (χ3v) is 3.67. The number of ether oxygens (including phenoxy) is 1. The maximum absolute atomic E-state index is 12.0. The molecule has 0 saturated carbocycles. The molecule has 0 unspecified atom stereocenters. The number of benzene rings is 2. The third-order valence-electron chi connectivity index (χ3n) is 3.05. The fourth-order valence-electron chi connectivity index (χ4n) is 1.94. The molecule has 0 bridgehead atoms. The van der Waals surface area contributed by atoms with Gasteiger partial charge in [-0.3, -0.25) is 9.59 Å². The summed E-state index contributed by atoms with van der Waals surface area (Å²) in [6, 6.07) is 12.0. The van der Waals surface area contributed by atoms with E-state index in [0.717, 1.165) is 10.0 Å². The van der Waals surface area contributed by atoms with E-state index in [9.17, 15) is 9.59 Å². The standard InChI is InChI=1S/C17H15BrN2O3/c1-23-15-8-6-11(10-13(15)18)7-9-16(21)20-14-5-3-2-4-12(14)17(19)22/h2-10H,1H3,(H2,19,22)(H,20,21). The number of nitrogens with two attached hydrogens (primary N) is 1. The van der Waals surface area contributed by atoms with Crippen LogP contribution in [0.2, 0.25) is 0 Å². The molecule has 5 nitrogen and oxygen atoms in total. The number of para-hydroxylation sites is 1. The lowest BCUT2D eigenvalue weighted by atomic mass is 10.1. The number of rotatable bonds is 5. The molecule has 2 amide bonds. The quantitative estimate of drug-likeness (QED) is 0.788. The summed E-state index contributed by atoms with van der Waals surface area (Å²) in [4.78, 5) is 23.3. The Kier molecular flexibility index (Phi) is 5.54. The Labute approximate surface area is 142 Å². The van der Waals surface area contributed by atoms with Gasteiger partial charge in [0.1, 0.15) is 5.75 Å². The Hall–Kier alpha value is -2.60. The highest BCUT2D eigenvalue weighted by molar-refractivity contribution is 9.10. The minimum Gasteiger partial charge on any atom is -0.496 e. The second-order valence-corrected chi connectivity index (χ2v) is 5.48. The normalized spacial score (nSPS) is 10.5. The van der Waals surface area contributed by atoms with Gasteiger partial charge in [0.15, 0.2) is 0 Å². The highest BCUT2D eigenvalue weighted by Crippen LogP contribution is 2.26. The average molecular weight is 375 g/mol. The largest absolute Gasteiger partial charge is 0.496 e. The predicted molar refractivity (Wildman–Crippen MR) is 93.3 cm³/mol. The zero-order valence-corrected chi connectivity index (χ0v) is 14.0. The number of nitrogens with one attached hydrogen (secondary N) is 1. The highest BCUT2D eigenvalue weighted by atomic mass is 79.9. The van der Waals surface area contributed by atoms with E-state index in [0.29, 0.717) is 11.4 Å². The lowest BCUT2D eigenvalue weighted by Crippen LogP contribution is -2.16. The van der Waals surface area contributed by atoms with Crippen molar-refractivity contribution in [3.63, 3.8) is 0 Å². The molecule has 23 heavy (non-hydrogen) atoms. The van der Waals surface area contributed by atoms with E-state index >= 15 is 0 Å². The first-order chi connectivity index (χ1) is 11.0. The van der Waals surface area contributed by atoms with Gasteiger partial charge in [0.2, 0.25) is 5.91 Å². The molecule has 0 aliphatic carbocycles. The second kappa shape index (κ2) is 7.60. The molecule has 0 radical (unpaired) electrons. The van der Waals surface area contributed by atoms with Gasteiger partial charge in [-0.25, -0.2) is 0 Å². The van der Waals surface area contributed by atoms with Gasteiger partial charge in [-0.1, -0.05) is 18.2 Å². The fourth-order valence-corrected chi connectivity index (χ4v) is 2.50. The monoisotopic (exact) mass is 374 g/mol. The molecule has 0 atom stereocenters. The first-order valence-corrected chi connectivity index (χ1v) is 7.52. The van der Waals surface area contributed by atoms with Crippen LogP contribution in [-0.4, -0.2) is 18.9 Å². The molecule has 0 aliphatic rings. The summed E-state index contributed by atoms with van der Waals surface area (Å²) in [6.45, 7) is 0. The molecule has 2 aromatic rings. The first-order valence-electron chi connectivity index (χ1n) is 6.72. The predicted octanol–water partition coefficient (Wildman–Crippen LogP) is 3.21. The molecule has 0 spiro atoms. The van der Waals surface area contributed by atoms with Gasteiger partial charge in [0.25, 0.3) is 5.91 Å². The van der Waals surface area contributed by atoms with Gasteiger partial charge in [-0.2, -0.15) is 0 Å². The molecular formula is C17H15BrN2O3. The summed E-state index contributed by atoms with van der Waals surface area (Å²) in [5.41, 5.74) is 6.75. The van der Waals surface area contributed by atoms with Crippen molar-refractivity contribution >= 4 is 39.5 Å². The van der Waals surface area contributed by atoms with E-state index in [1.165, 1.54) is 6.08 Å². The molecule has 0 heterocycles. The van der Waals surface area contributed by atoms with Crippen LogP contribution >= 0.6 is 15.9 Å². The van der Waals surface area contributed by atoms with Crippen LogP contribution in [0.25, 0.3) is 6.08 Å². The molecule has 6 heteroatoms. The van der Waals surface area contributed by atoms with Gasteiger partial charge < -0.3 is 15.8 Å². The smallest absolute Gasteiger partial charge is 0.250 e. The second-order valence-electron chi connectivity index (χ2n) is 4.63. The number of amides is 2. The zero-order chi connectivity index (χ0) is 16.8. The molecule has 0 saturated heterocycles. The van der Waals surface area contributed by atoms with Gasteiger partial charge in [-0.05, 0) is 51.8 Å². The number of methoxy groups -OCH3 is 1. The van der Waals surface area contributed by atoms with Crippen molar-refractivity contribution < 1.29 is 14.3 Å². The first kappa shape index (κ1) is 16.8. The van der Waals surface area contributed by atoms with Crippen molar-refractivity contribution in [1.29, 1.82) is 0 Å². The van der Waals surface area contributed by atoms with Crippen molar-refractivity contribution in [2.75, 3.05) is 12.4 Å². The van der Waals surface area contributed by atoms with Crippen molar-refractivity contribution in [2.45, 2.75) is 0 Å². The third kappa shape index (κ3) is 4.43. The molecular weight excluding hydrogens is 360 g/mol. The maximum atomic E-state index is 12.0. The molecule has 0 fully saturated rings. The minimum atomic E-state index is -0.594. The Morgan fingerprint density at radius 2 is 1.96 bits per heavy atom. The number of hydrogen-bond donors (Lipinski definition) is 2. The van der Waals surface area contributed by atoms with Crippen LogP contribution in [0, 0.1) is 0 Å². The topological polar surface area (TPSA) is 81.4 Å². The number of primary amides is 1. The number of carbonyl (C=O) groups is 2.